The molecule has 0 fully saturated rings. The number of halogens is 1. The van der Waals surface area contributed by atoms with Gasteiger partial charge in [-0.2, -0.15) is 0 Å². The van der Waals surface area contributed by atoms with Gasteiger partial charge in [0.15, 0.2) is 5.16 Å². The Kier molecular flexibility index (Phi) is 4.24. The van der Waals surface area contributed by atoms with Gasteiger partial charge in [-0.05, 0) is 37.4 Å². The Labute approximate surface area is 130 Å². The molecule has 4 nitrogen and oxygen atoms in total. The summed E-state index contributed by atoms with van der Waals surface area (Å²) < 4.78 is 1.05. The lowest BCUT2D eigenvalue weighted by molar-refractivity contribution is 0.615. The number of aromatic nitrogens is 2. The van der Waals surface area contributed by atoms with Crippen molar-refractivity contribution in [3.8, 4) is 0 Å². The van der Waals surface area contributed by atoms with Crippen LogP contribution in [0.3, 0.4) is 0 Å². The summed E-state index contributed by atoms with van der Waals surface area (Å²) in [5, 5.41) is 7.59. The molecular formula is C14H15BrN4S. The fourth-order valence-electron chi connectivity index (χ4n) is 2.23. The number of benzene rings is 1. The summed E-state index contributed by atoms with van der Waals surface area (Å²) in [7, 11) is 0. The van der Waals surface area contributed by atoms with Gasteiger partial charge in [0, 0.05) is 22.3 Å². The van der Waals surface area contributed by atoms with Crippen molar-refractivity contribution < 1.29 is 0 Å². The Balaban J connectivity index is 1.99. The highest BCUT2D eigenvalue weighted by molar-refractivity contribution is 9.10. The summed E-state index contributed by atoms with van der Waals surface area (Å²) in [6.45, 7) is 1.79. The summed E-state index contributed by atoms with van der Waals surface area (Å²) in [4.78, 5) is 9.22. The largest absolute Gasteiger partial charge is 0.340 e. The molecular weight excluding hydrogens is 336 g/mol. The van der Waals surface area contributed by atoms with E-state index in [1.165, 1.54) is 5.56 Å². The van der Waals surface area contributed by atoms with Crippen molar-refractivity contribution in [1.82, 2.24) is 15.3 Å². The molecule has 2 aromatic rings. The van der Waals surface area contributed by atoms with Crippen molar-refractivity contribution >= 4 is 39.2 Å². The van der Waals surface area contributed by atoms with Crippen molar-refractivity contribution in [3.05, 3.63) is 40.0 Å². The Morgan fingerprint density at radius 3 is 3.05 bits per heavy atom. The Morgan fingerprint density at radius 2 is 2.25 bits per heavy atom. The lowest BCUT2D eigenvalue weighted by Crippen LogP contribution is -2.26. The Hall–Kier alpha value is -1.11. The Morgan fingerprint density at radius 1 is 1.35 bits per heavy atom. The van der Waals surface area contributed by atoms with Crippen molar-refractivity contribution in [2.45, 2.75) is 18.1 Å². The van der Waals surface area contributed by atoms with E-state index < -0.39 is 0 Å². The molecule has 2 N–H and O–H groups in total. The van der Waals surface area contributed by atoms with Gasteiger partial charge < -0.3 is 10.6 Å². The molecule has 0 amide bonds. The number of fused-ring (bicyclic) bond motifs is 1. The van der Waals surface area contributed by atoms with Gasteiger partial charge in [0.25, 0.3) is 0 Å². The number of anilines is 2. The van der Waals surface area contributed by atoms with Gasteiger partial charge in [0.2, 0.25) is 0 Å². The normalized spacial score (nSPS) is 13.9. The van der Waals surface area contributed by atoms with E-state index in [0.29, 0.717) is 0 Å². The van der Waals surface area contributed by atoms with Crippen molar-refractivity contribution in [2.75, 3.05) is 18.1 Å². The van der Waals surface area contributed by atoms with E-state index in [0.717, 1.165) is 46.3 Å². The minimum Gasteiger partial charge on any atom is -0.340 e. The zero-order chi connectivity index (χ0) is 13.9. The molecule has 1 aromatic heterocycles. The predicted molar refractivity (Wildman–Crippen MR) is 86.6 cm³/mol. The molecule has 0 saturated carbocycles. The standard InChI is InChI=1S/C14H15BrN4S/c1-20-14-18-12-8-16-6-5-11(12)13(19-14)17-10-4-2-3-9(15)7-10/h2-4,7,16H,5-6,8H2,1H3,(H,17,18,19). The molecule has 1 aromatic carbocycles. The van der Waals surface area contributed by atoms with Gasteiger partial charge in [-0.1, -0.05) is 33.8 Å². The third-order valence-electron chi connectivity index (χ3n) is 3.19. The van der Waals surface area contributed by atoms with Crippen LogP contribution in [0.5, 0.6) is 0 Å². The average Bonchev–Trinajstić information content (AvgIpc) is 2.47. The summed E-state index contributed by atoms with van der Waals surface area (Å²) in [5.74, 6) is 0.930. The molecule has 6 heteroatoms. The van der Waals surface area contributed by atoms with E-state index in [4.69, 9.17) is 0 Å². The maximum atomic E-state index is 4.63. The fourth-order valence-corrected chi connectivity index (χ4v) is 3.02. The Bertz CT molecular complexity index is 633. The third kappa shape index (κ3) is 2.97. The first-order valence-corrected chi connectivity index (χ1v) is 8.45. The number of rotatable bonds is 3. The number of nitrogens with one attached hydrogen (secondary N) is 2. The molecule has 1 aliphatic rings. The van der Waals surface area contributed by atoms with Crippen LogP contribution in [-0.4, -0.2) is 22.8 Å². The minimum atomic E-state index is 0.810. The van der Waals surface area contributed by atoms with Crippen molar-refractivity contribution in [1.29, 1.82) is 0 Å². The summed E-state index contributed by atoms with van der Waals surface area (Å²) in [6.07, 6.45) is 2.96. The average molecular weight is 351 g/mol. The lowest BCUT2D eigenvalue weighted by atomic mass is 10.1. The zero-order valence-corrected chi connectivity index (χ0v) is 13.5. The van der Waals surface area contributed by atoms with E-state index in [2.05, 4.69) is 36.5 Å². The summed E-state index contributed by atoms with van der Waals surface area (Å²) in [6, 6.07) is 8.11. The first kappa shape index (κ1) is 13.9. The topological polar surface area (TPSA) is 49.8 Å². The fraction of sp³-hybridized carbons (Fsp3) is 0.286. The number of hydrogen-bond donors (Lipinski definition) is 2. The predicted octanol–water partition coefficient (Wildman–Crippen LogP) is 3.35. The van der Waals surface area contributed by atoms with Crippen molar-refractivity contribution in [2.24, 2.45) is 0 Å². The first-order valence-electron chi connectivity index (χ1n) is 6.43. The summed E-state index contributed by atoms with van der Waals surface area (Å²) >= 11 is 5.06. The third-order valence-corrected chi connectivity index (χ3v) is 4.23. The maximum Gasteiger partial charge on any atom is 0.189 e. The van der Waals surface area contributed by atoms with Gasteiger partial charge >= 0.3 is 0 Å². The molecule has 0 spiro atoms. The highest BCUT2D eigenvalue weighted by Gasteiger charge is 2.17. The molecule has 2 heterocycles. The number of thioether (sulfide) groups is 1. The van der Waals surface area contributed by atoms with Crippen LogP contribution < -0.4 is 10.6 Å². The van der Waals surface area contributed by atoms with Crippen LogP contribution in [0.4, 0.5) is 11.5 Å². The van der Waals surface area contributed by atoms with Crippen LogP contribution in [0.2, 0.25) is 0 Å². The second-order valence-electron chi connectivity index (χ2n) is 4.55. The zero-order valence-electron chi connectivity index (χ0n) is 11.1. The molecule has 0 unspecified atom stereocenters. The SMILES string of the molecule is CSc1nc2c(c(Nc3cccc(Br)c3)n1)CCNC2. The molecule has 0 radical (unpaired) electrons. The summed E-state index contributed by atoms with van der Waals surface area (Å²) in [5.41, 5.74) is 3.36. The van der Waals surface area contributed by atoms with Gasteiger partial charge in [-0.3, -0.25) is 0 Å². The van der Waals surface area contributed by atoms with E-state index in [9.17, 15) is 0 Å². The molecule has 20 heavy (non-hydrogen) atoms. The second kappa shape index (κ2) is 6.11. The van der Waals surface area contributed by atoms with E-state index >= 15 is 0 Å². The molecule has 104 valence electrons. The lowest BCUT2D eigenvalue weighted by Gasteiger charge is -2.20. The van der Waals surface area contributed by atoms with Crippen LogP contribution in [0.25, 0.3) is 0 Å². The molecule has 0 atom stereocenters. The van der Waals surface area contributed by atoms with Gasteiger partial charge in [0.05, 0.1) is 5.69 Å². The minimum absolute atomic E-state index is 0.810. The van der Waals surface area contributed by atoms with Crippen LogP contribution >= 0.6 is 27.7 Å². The van der Waals surface area contributed by atoms with Crippen molar-refractivity contribution in [3.63, 3.8) is 0 Å². The van der Waals surface area contributed by atoms with E-state index in [-0.39, 0.29) is 0 Å². The van der Waals surface area contributed by atoms with E-state index in [1.807, 2.05) is 30.5 Å². The molecule has 0 saturated heterocycles. The molecule has 0 aliphatic carbocycles. The monoisotopic (exact) mass is 350 g/mol. The molecule has 1 aliphatic heterocycles. The van der Waals surface area contributed by atoms with Crippen LogP contribution in [0.1, 0.15) is 11.3 Å². The maximum absolute atomic E-state index is 4.63. The van der Waals surface area contributed by atoms with Crippen LogP contribution in [0.15, 0.2) is 33.9 Å². The highest BCUT2D eigenvalue weighted by Crippen LogP contribution is 2.27. The van der Waals surface area contributed by atoms with Crippen LogP contribution in [-0.2, 0) is 13.0 Å². The van der Waals surface area contributed by atoms with Crippen LogP contribution in [0, 0.1) is 0 Å². The molecule has 3 rings (SSSR count). The number of hydrogen-bond acceptors (Lipinski definition) is 5. The number of nitrogens with zero attached hydrogens (tertiary/aromatic N) is 2. The van der Waals surface area contributed by atoms with Gasteiger partial charge in [-0.25, -0.2) is 9.97 Å². The van der Waals surface area contributed by atoms with Gasteiger partial charge in [0.1, 0.15) is 5.82 Å². The smallest absolute Gasteiger partial charge is 0.189 e. The highest BCUT2D eigenvalue weighted by atomic mass is 79.9. The quantitative estimate of drug-likeness (QED) is 0.656. The molecule has 0 bridgehead atoms. The first-order chi connectivity index (χ1) is 9.76. The van der Waals surface area contributed by atoms with Gasteiger partial charge in [-0.15, -0.1) is 0 Å². The van der Waals surface area contributed by atoms with E-state index in [1.54, 1.807) is 11.8 Å². The second-order valence-corrected chi connectivity index (χ2v) is 6.24.